The second-order valence-electron chi connectivity index (χ2n) is 4.72. The second-order valence-corrected chi connectivity index (χ2v) is 4.72. The Bertz CT molecular complexity index is 698. The van der Waals surface area contributed by atoms with Crippen LogP contribution in [0.5, 0.6) is 5.75 Å². The maximum atomic E-state index is 11.7. The summed E-state index contributed by atoms with van der Waals surface area (Å²) in [5.41, 5.74) is 5.47. The highest BCUT2D eigenvalue weighted by Crippen LogP contribution is 2.18. The minimum Gasteiger partial charge on any atom is -0.485 e. The summed E-state index contributed by atoms with van der Waals surface area (Å²) in [5, 5.41) is 15.1. The van der Waals surface area contributed by atoms with E-state index in [1.54, 1.807) is 18.2 Å². The number of aromatic nitrogens is 2. The topological polar surface area (TPSA) is 141 Å². The average molecular weight is 320 g/mol. The molecule has 4 N–H and O–H groups in total. The Morgan fingerprint density at radius 2 is 2.17 bits per heavy atom. The van der Waals surface area contributed by atoms with E-state index in [-0.39, 0.29) is 36.2 Å². The summed E-state index contributed by atoms with van der Waals surface area (Å²) in [5.74, 6) is -1.04. The van der Waals surface area contributed by atoms with Crippen molar-refractivity contribution in [2.75, 3.05) is 6.54 Å². The Morgan fingerprint density at radius 3 is 2.87 bits per heavy atom. The summed E-state index contributed by atoms with van der Waals surface area (Å²) in [4.78, 5) is 26.8. The SMILES string of the molecule is C[C@@H](O)CNC(=O)c1nc(COc2ccccc2C(N)=O)no1. The molecule has 0 spiro atoms. The van der Waals surface area contributed by atoms with Crippen molar-refractivity contribution in [1.82, 2.24) is 15.5 Å². The van der Waals surface area contributed by atoms with Gasteiger partial charge in [-0.2, -0.15) is 4.98 Å². The number of rotatable bonds is 7. The number of benzene rings is 1. The van der Waals surface area contributed by atoms with Crippen LogP contribution in [0.15, 0.2) is 28.8 Å². The zero-order chi connectivity index (χ0) is 16.8. The number of nitrogens with two attached hydrogens (primary N) is 1. The van der Waals surface area contributed by atoms with Crippen LogP contribution in [0.4, 0.5) is 0 Å². The van der Waals surface area contributed by atoms with E-state index < -0.39 is 17.9 Å². The highest BCUT2D eigenvalue weighted by atomic mass is 16.5. The molecule has 1 aromatic carbocycles. The van der Waals surface area contributed by atoms with Crippen molar-refractivity contribution in [3.05, 3.63) is 41.5 Å². The molecule has 1 heterocycles. The maximum Gasteiger partial charge on any atom is 0.316 e. The zero-order valence-electron chi connectivity index (χ0n) is 12.4. The van der Waals surface area contributed by atoms with Gasteiger partial charge < -0.3 is 25.4 Å². The van der Waals surface area contributed by atoms with E-state index in [4.69, 9.17) is 20.1 Å². The first-order chi connectivity index (χ1) is 11.0. The van der Waals surface area contributed by atoms with Gasteiger partial charge in [-0.1, -0.05) is 17.3 Å². The van der Waals surface area contributed by atoms with Crippen LogP contribution < -0.4 is 15.8 Å². The number of ether oxygens (including phenoxy) is 1. The molecule has 2 rings (SSSR count). The van der Waals surface area contributed by atoms with Gasteiger partial charge in [0.2, 0.25) is 5.82 Å². The van der Waals surface area contributed by atoms with Crippen molar-refractivity contribution in [3.8, 4) is 5.75 Å². The fourth-order valence-electron chi connectivity index (χ4n) is 1.66. The normalized spacial score (nSPS) is 11.7. The number of carbonyl (C=O) groups is 2. The third-order valence-corrected chi connectivity index (χ3v) is 2.73. The highest BCUT2D eigenvalue weighted by molar-refractivity contribution is 5.95. The van der Waals surface area contributed by atoms with Crippen molar-refractivity contribution in [1.29, 1.82) is 0 Å². The third kappa shape index (κ3) is 4.51. The summed E-state index contributed by atoms with van der Waals surface area (Å²) >= 11 is 0. The summed E-state index contributed by atoms with van der Waals surface area (Å²) in [6.07, 6.45) is -0.685. The quantitative estimate of drug-likeness (QED) is 0.644. The third-order valence-electron chi connectivity index (χ3n) is 2.73. The van der Waals surface area contributed by atoms with Crippen molar-refractivity contribution in [3.63, 3.8) is 0 Å². The summed E-state index contributed by atoms with van der Waals surface area (Å²) in [6.45, 7) is 1.50. The maximum absolute atomic E-state index is 11.7. The first-order valence-electron chi connectivity index (χ1n) is 6.78. The van der Waals surface area contributed by atoms with Crippen molar-refractivity contribution in [2.45, 2.75) is 19.6 Å². The van der Waals surface area contributed by atoms with Gasteiger partial charge in [0.25, 0.3) is 5.91 Å². The Hall–Kier alpha value is -2.94. The van der Waals surface area contributed by atoms with E-state index in [9.17, 15) is 9.59 Å². The number of aliphatic hydroxyl groups is 1. The number of para-hydroxylation sites is 1. The van der Waals surface area contributed by atoms with Gasteiger partial charge in [-0.15, -0.1) is 0 Å². The number of nitrogens with zero attached hydrogens (tertiary/aromatic N) is 2. The molecule has 23 heavy (non-hydrogen) atoms. The first kappa shape index (κ1) is 16.4. The highest BCUT2D eigenvalue weighted by Gasteiger charge is 2.16. The number of hydrogen-bond donors (Lipinski definition) is 3. The van der Waals surface area contributed by atoms with Crippen LogP contribution >= 0.6 is 0 Å². The van der Waals surface area contributed by atoms with Gasteiger partial charge in [-0.25, -0.2) is 0 Å². The van der Waals surface area contributed by atoms with Crippen LogP contribution in [-0.2, 0) is 6.61 Å². The molecule has 122 valence electrons. The number of carbonyl (C=O) groups excluding carboxylic acids is 2. The molecule has 0 unspecified atom stereocenters. The standard InChI is InChI=1S/C14H16N4O5/c1-8(19)6-16-13(21)14-17-11(18-23-14)7-22-10-5-3-2-4-9(10)12(15)20/h2-5,8,19H,6-7H2,1H3,(H2,15,20)(H,16,21)/t8-/m1/s1. The van der Waals surface area contributed by atoms with Gasteiger partial charge in [-0.05, 0) is 19.1 Å². The molecule has 0 saturated heterocycles. The molecule has 9 nitrogen and oxygen atoms in total. The van der Waals surface area contributed by atoms with Gasteiger partial charge in [-0.3, -0.25) is 9.59 Å². The minimum absolute atomic E-state index is 0.0685. The molecule has 2 amide bonds. The number of primary amides is 1. The summed E-state index contributed by atoms with van der Waals surface area (Å²) < 4.78 is 10.2. The lowest BCUT2D eigenvalue weighted by atomic mass is 10.2. The van der Waals surface area contributed by atoms with E-state index >= 15 is 0 Å². The Kier molecular flexibility index (Phi) is 5.26. The van der Waals surface area contributed by atoms with Crippen molar-refractivity contribution in [2.24, 2.45) is 5.73 Å². The minimum atomic E-state index is -0.685. The number of hydrogen-bond acceptors (Lipinski definition) is 7. The number of aliphatic hydroxyl groups excluding tert-OH is 1. The molecule has 0 aliphatic rings. The predicted octanol–water partition coefficient (Wildman–Crippen LogP) is -0.142. The monoisotopic (exact) mass is 320 g/mol. The fraction of sp³-hybridized carbons (Fsp3) is 0.286. The smallest absolute Gasteiger partial charge is 0.316 e. The molecule has 0 bridgehead atoms. The van der Waals surface area contributed by atoms with E-state index in [0.29, 0.717) is 0 Å². The molecule has 2 aromatic rings. The molecule has 1 aromatic heterocycles. The summed E-state index contributed by atoms with van der Waals surface area (Å²) in [7, 11) is 0. The van der Waals surface area contributed by atoms with E-state index in [1.165, 1.54) is 13.0 Å². The van der Waals surface area contributed by atoms with Gasteiger partial charge in [0, 0.05) is 6.54 Å². The molecule has 0 fully saturated rings. The molecule has 0 radical (unpaired) electrons. The molecule has 0 aliphatic heterocycles. The molecule has 0 aliphatic carbocycles. The lowest BCUT2D eigenvalue weighted by Gasteiger charge is -2.06. The Morgan fingerprint density at radius 1 is 1.43 bits per heavy atom. The molecule has 0 saturated carbocycles. The average Bonchev–Trinajstić information content (AvgIpc) is 2.99. The van der Waals surface area contributed by atoms with Crippen LogP contribution in [0.2, 0.25) is 0 Å². The van der Waals surface area contributed by atoms with Crippen molar-refractivity contribution < 1.29 is 24.0 Å². The van der Waals surface area contributed by atoms with Gasteiger partial charge in [0.05, 0.1) is 11.7 Å². The van der Waals surface area contributed by atoms with Crippen LogP contribution in [0, 0.1) is 0 Å². The van der Waals surface area contributed by atoms with Crippen LogP contribution in [0.3, 0.4) is 0 Å². The molecular formula is C14H16N4O5. The van der Waals surface area contributed by atoms with Crippen LogP contribution in [0.25, 0.3) is 0 Å². The van der Waals surface area contributed by atoms with Crippen LogP contribution in [-0.4, -0.2) is 39.7 Å². The van der Waals surface area contributed by atoms with Gasteiger partial charge in [0.15, 0.2) is 6.61 Å². The molecule has 9 heteroatoms. The zero-order valence-corrected chi connectivity index (χ0v) is 12.4. The lowest BCUT2D eigenvalue weighted by molar-refractivity contribution is 0.0880. The van der Waals surface area contributed by atoms with Crippen LogP contribution in [0.1, 0.15) is 33.8 Å². The number of nitrogens with one attached hydrogen (secondary N) is 1. The first-order valence-corrected chi connectivity index (χ1v) is 6.78. The number of amides is 2. The van der Waals surface area contributed by atoms with E-state index in [2.05, 4.69) is 15.5 Å². The van der Waals surface area contributed by atoms with E-state index in [0.717, 1.165) is 0 Å². The van der Waals surface area contributed by atoms with E-state index in [1.807, 2.05) is 0 Å². The second kappa shape index (κ2) is 7.36. The lowest BCUT2D eigenvalue weighted by Crippen LogP contribution is -2.30. The largest absolute Gasteiger partial charge is 0.485 e. The van der Waals surface area contributed by atoms with Gasteiger partial charge >= 0.3 is 11.8 Å². The Balaban J connectivity index is 1.98. The predicted molar refractivity (Wildman–Crippen MR) is 77.6 cm³/mol. The fourth-order valence-corrected chi connectivity index (χ4v) is 1.66. The molecule has 1 atom stereocenters. The van der Waals surface area contributed by atoms with Crippen molar-refractivity contribution >= 4 is 11.8 Å². The molecular weight excluding hydrogens is 304 g/mol. The summed E-state index contributed by atoms with van der Waals surface area (Å²) in [6, 6.07) is 6.46. The Labute approximate surface area is 131 Å². The van der Waals surface area contributed by atoms with Gasteiger partial charge in [0.1, 0.15) is 5.75 Å².